The van der Waals surface area contributed by atoms with Crippen molar-refractivity contribution >= 4 is 0 Å². The molecule has 0 aromatic carbocycles. The third-order valence-electron chi connectivity index (χ3n) is 13.8. The topological polar surface area (TPSA) is 96.2 Å². The molecule has 0 amide bonds. The molecule has 5 aliphatic heterocycles. The Hall–Kier alpha value is 1.03. The zero-order valence-corrected chi connectivity index (χ0v) is 28.3. The van der Waals surface area contributed by atoms with Crippen LogP contribution in [0.3, 0.4) is 0 Å². The molecule has 8 atom stereocenters. The first-order chi connectivity index (χ1) is 19.8. The van der Waals surface area contributed by atoms with E-state index in [1.165, 1.54) is 103 Å². The molecule has 5 heterocycles. The summed E-state index contributed by atoms with van der Waals surface area (Å²) in [6.07, 6.45) is 25.6. The van der Waals surface area contributed by atoms with Crippen molar-refractivity contribution in [3.05, 3.63) is 0 Å². The summed E-state index contributed by atoms with van der Waals surface area (Å²) in [6.45, 7) is 0. The van der Waals surface area contributed by atoms with E-state index in [0.29, 0.717) is 49.3 Å². The third-order valence-corrected chi connectivity index (χ3v) is 13.8. The molecule has 4 aliphatic carbocycles. The van der Waals surface area contributed by atoms with Gasteiger partial charge in [0, 0.05) is 40.8 Å². The maximum atomic E-state index is 4.26. The summed E-state index contributed by atoms with van der Waals surface area (Å²) in [5.74, 6) is 5.97. The Labute approximate surface area is 280 Å². The summed E-state index contributed by atoms with van der Waals surface area (Å²) in [6, 6.07) is 0. The molecule has 0 radical (unpaired) electrons. The smallest absolute Gasteiger partial charge is 0.0628 e. The molecule has 8 N–H and O–H groups in total. The summed E-state index contributed by atoms with van der Waals surface area (Å²) in [4.78, 5) is 0. The van der Waals surface area contributed by atoms with Crippen LogP contribution < -0.4 is 42.5 Å². The molecular weight excluding hydrogens is 641 g/mol. The zero-order chi connectivity index (χ0) is 26.2. The first-order valence-electron chi connectivity index (χ1n) is 17.9. The van der Waals surface area contributed by atoms with Crippen LogP contribution in [-0.2, 0) is 0 Å². The van der Waals surface area contributed by atoms with Crippen LogP contribution in [0.1, 0.15) is 103 Å². The number of nitrogens with one attached hydrogen (secondary N) is 8. The molecule has 9 rings (SSSR count). The van der Waals surface area contributed by atoms with Crippen molar-refractivity contribution in [2.24, 2.45) is 47.3 Å². The Morgan fingerprint density at radius 2 is 0.341 bits per heavy atom. The van der Waals surface area contributed by atoms with Gasteiger partial charge >= 0.3 is 0 Å². The van der Waals surface area contributed by atoms with Crippen molar-refractivity contribution in [3.8, 4) is 0 Å². The third kappa shape index (κ3) is 5.26. The Bertz CT molecular complexity index is 716. The van der Waals surface area contributed by atoms with E-state index in [4.69, 9.17) is 0 Å². The molecule has 0 aromatic heterocycles. The number of hydrogen-bond donors (Lipinski definition) is 8. The summed E-state index contributed by atoms with van der Waals surface area (Å²) in [5.41, 5.74) is 0. The molecule has 4 saturated carbocycles. The Kier molecular flexibility index (Phi) is 8.85. The van der Waals surface area contributed by atoms with E-state index in [2.05, 4.69) is 42.5 Å². The maximum Gasteiger partial charge on any atom is 0.0628 e. The largest absolute Gasteiger partial charge is 0.286 e. The average molecular weight is 697 g/mol. The minimum atomic E-state index is 0. The van der Waals surface area contributed by atoms with Crippen molar-refractivity contribution in [1.29, 1.82) is 0 Å². The second-order valence-electron chi connectivity index (χ2n) is 15.6. The van der Waals surface area contributed by atoms with Gasteiger partial charge in [-0.3, -0.25) is 42.5 Å². The van der Waals surface area contributed by atoms with E-state index < -0.39 is 0 Å². The van der Waals surface area contributed by atoms with Gasteiger partial charge in [-0.2, -0.15) is 0 Å². The number of rotatable bonds is 0. The van der Waals surface area contributed by atoms with Crippen LogP contribution in [0, 0.1) is 88.2 Å². The van der Waals surface area contributed by atoms with Gasteiger partial charge in [0.2, 0.25) is 0 Å². The van der Waals surface area contributed by atoms with E-state index in [1.54, 1.807) is 0 Å². The fraction of sp³-hybridized carbons (Fsp3) is 1.00. The molecule has 9 heteroatoms. The summed E-state index contributed by atoms with van der Waals surface area (Å²) < 4.78 is 0. The van der Waals surface area contributed by atoms with E-state index in [9.17, 15) is 0 Å². The number of fused-ring (bicyclic) bond motifs is 20. The first-order valence-corrected chi connectivity index (χ1v) is 17.9. The molecule has 41 heavy (non-hydrogen) atoms. The van der Waals surface area contributed by atoms with Crippen molar-refractivity contribution in [2.45, 2.75) is 152 Å². The van der Waals surface area contributed by atoms with Gasteiger partial charge < -0.3 is 0 Å². The van der Waals surface area contributed by atoms with Crippen LogP contribution in [-0.4, -0.2) is 49.3 Å². The van der Waals surface area contributed by atoms with Crippen molar-refractivity contribution in [3.63, 3.8) is 0 Å². The van der Waals surface area contributed by atoms with Crippen LogP contribution in [0.15, 0.2) is 0 Å². The Morgan fingerprint density at radius 1 is 0.220 bits per heavy atom. The molecule has 0 spiro atoms. The van der Waals surface area contributed by atoms with Gasteiger partial charge in [-0.25, -0.2) is 0 Å². The molecule has 8 unspecified atom stereocenters. The van der Waals surface area contributed by atoms with Gasteiger partial charge in [0.25, 0.3) is 0 Å². The summed E-state index contributed by atoms with van der Waals surface area (Å²) in [7, 11) is 0. The number of hydrogen-bond acceptors (Lipinski definition) is 8. The predicted molar refractivity (Wildman–Crippen MR) is 157 cm³/mol. The summed E-state index contributed by atoms with van der Waals surface area (Å²) in [5, 5.41) is 33.8. The molecule has 0 aromatic rings. The van der Waals surface area contributed by atoms with E-state index in [-0.39, 0.29) is 40.8 Å². The zero-order valence-electron chi connectivity index (χ0n) is 25.1. The van der Waals surface area contributed by atoms with E-state index in [0.717, 1.165) is 47.3 Å². The Balaban J connectivity index is 0.00000256. The molecule has 8 nitrogen and oxygen atoms in total. The van der Waals surface area contributed by atoms with Gasteiger partial charge in [-0.1, -0.05) is 51.4 Å². The quantitative estimate of drug-likeness (QED) is 0.196. The van der Waals surface area contributed by atoms with Crippen molar-refractivity contribution in [2.75, 3.05) is 0 Å². The van der Waals surface area contributed by atoms with Crippen LogP contribution in [0.2, 0.25) is 0 Å². The molecule has 8 bridgehead atoms. The first kappa shape index (κ1) is 29.4. The van der Waals surface area contributed by atoms with Gasteiger partial charge in [-0.05, 0) is 98.7 Å². The van der Waals surface area contributed by atoms with Gasteiger partial charge in [-0.15, -0.1) is 0 Å². The standard InChI is InChI=1S/C32H56N8.Nd/c1-2-10-18-17(9-1)25-33-26(18)38-28-21-13-5-6-14-22(21)30(35-28)40-32-24-16-8-7-15-23(24)31(36-32)39-29-20-12-4-3-11-19(20)27(34-29)37-25;/h17-40H,1-16H2;. The SMILES string of the molecule is C1CCC2C3NC(NC4NC(NC5NC(NC6NC(N3)C3CCCCC63)C3CCCCC53)C3CCCCC43)C2C1.[Nd]. The normalized spacial score (nSPS) is 56.2. The molecule has 5 saturated heterocycles. The average Bonchev–Trinajstić information content (AvgIpc) is 3.73. The molecule has 228 valence electrons. The molecular formula is C32H56N8Nd. The molecule has 9 aliphatic rings. The van der Waals surface area contributed by atoms with Crippen molar-refractivity contribution in [1.82, 2.24) is 42.5 Å². The van der Waals surface area contributed by atoms with Crippen LogP contribution in [0.4, 0.5) is 0 Å². The molecule has 9 fully saturated rings. The van der Waals surface area contributed by atoms with E-state index >= 15 is 0 Å². The fourth-order valence-electron chi connectivity index (χ4n) is 12.0. The predicted octanol–water partition coefficient (Wildman–Crippen LogP) is 2.61. The minimum Gasteiger partial charge on any atom is -0.286 e. The summed E-state index contributed by atoms with van der Waals surface area (Å²) >= 11 is 0. The van der Waals surface area contributed by atoms with Crippen LogP contribution in [0.25, 0.3) is 0 Å². The van der Waals surface area contributed by atoms with Crippen molar-refractivity contribution < 1.29 is 40.8 Å². The minimum absolute atomic E-state index is 0. The van der Waals surface area contributed by atoms with Gasteiger partial charge in [0.05, 0.1) is 49.3 Å². The van der Waals surface area contributed by atoms with Gasteiger partial charge in [0.1, 0.15) is 0 Å². The van der Waals surface area contributed by atoms with E-state index in [1.807, 2.05) is 0 Å². The second-order valence-corrected chi connectivity index (χ2v) is 15.6. The maximum absolute atomic E-state index is 4.26. The van der Waals surface area contributed by atoms with Gasteiger partial charge in [0.15, 0.2) is 0 Å². The van der Waals surface area contributed by atoms with Crippen LogP contribution >= 0.6 is 0 Å². The Morgan fingerprint density at radius 3 is 0.463 bits per heavy atom. The monoisotopic (exact) mass is 694 g/mol. The second kappa shape index (κ2) is 12.3. The van der Waals surface area contributed by atoms with Crippen LogP contribution in [0.5, 0.6) is 0 Å². The fourth-order valence-corrected chi connectivity index (χ4v) is 12.0.